The van der Waals surface area contributed by atoms with E-state index in [0.29, 0.717) is 0 Å². The minimum absolute atomic E-state index is 0. The molecule has 0 N–H and O–H groups in total. The van der Waals surface area contributed by atoms with Gasteiger partial charge in [0.05, 0.1) is 22.1 Å². The Morgan fingerprint density at radius 1 is 0.183 bits per heavy atom. The SMILES string of the molecule is Brc1ccc(-c2c3ccccc3c(-c3ccccc3)c3ccccc23)cc1.C.C.C.c1ccc(-c2c3ccccc3c(-c3ccc(N(c4ccccc4)c4ccc(-c5ccc6c(c5)c5ccccc5n6-c5ccccc5)cc4)cc3)c3ccccc23)cc1.c1ccc(Cc2ccc(-c3ccc4c(c3)c3ccccc3n4-c3ccccc3)cc2)cc1. The van der Waals surface area contributed by atoms with Crippen molar-refractivity contribution in [3.8, 4) is 78.1 Å². The standard InChI is InChI=1S/C56H38N2.C31H23N.C26H17Br.3CH4/c1-4-16-40(17-5-1)55-48-23-10-12-25-50(48)56(51-26-13-11-24-49(51)55)41-30-35-46(36-31-41)57(43-18-6-2-7-19-43)45-33-28-39(29-34-45)42-32-37-54-52(38-42)47-22-14-15-27-53(47)58(54)44-20-8-3-9-21-44;1-3-9-23(10-4-1)21-24-15-17-25(18-16-24)26-19-20-31-29(22-26)28-13-7-8-14-30(28)32(31)27-11-5-2-6-12-27;27-20-16-14-19(15-17-20)26-23-12-6-4-10-21(23)25(18-8-2-1-3-9-18)22-11-5-7-13-24(22)26;;;/h1-38H;1-20,22H,21H2;1-17H;3*1H4. The molecule has 0 atom stereocenters. The molecule has 576 valence electrons. The molecule has 2 aromatic heterocycles. The van der Waals surface area contributed by atoms with Crippen LogP contribution in [-0.2, 0) is 6.42 Å². The van der Waals surface area contributed by atoms with Gasteiger partial charge in [0.15, 0.2) is 0 Å². The van der Waals surface area contributed by atoms with Crippen molar-refractivity contribution in [3.05, 3.63) is 477 Å². The highest BCUT2D eigenvalue weighted by molar-refractivity contribution is 9.10. The smallest absolute Gasteiger partial charge is 0.0541 e. The second kappa shape index (κ2) is 34.6. The average Bonchev–Trinajstić information content (AvgIpc) is 1.39. The Labute approximate surface area is 712 Å². The number of benzene rings is 20. The van der Waals surface area contributed by atoms with Crippen molar-refractivity contribution < 1.29 is 0 Å². The predicted molar refractivity (Wildman–Crippen MR) is 522 cm³/mol. The van der Waals surface area contributed by atoms with Crippen LogP contribution in [0.4, 0.5) is 17.1 Å². The lowest BCUT2D eigenvalue weighted by Gasteiger charge is -2.26. The molecule has 3 nitrogen and oxygen atoms in total. The largest absolute Gasteiger partial charge is 0.311 e. The van der Waals surface area contributed by atoms with Gasteiger partial charge >= 0.3 is 0 Å². The van der Waals surface area contributed by atoms with Gasteiger partial charge in [0.25, 0.3) is 0 Å². The van der Waals surface area contributed by atoms with E-state index in [2.05, 4.69) is 491 Å². The van der Waals surface area contributed by atoms with Gasteiger partial charge in [-0.15, -0.1) is 0 Å². The lowest BCUT2D eigenvalue weighted by atomic mass is 9.86. The third-order valence-corrected chi connectivity index (χ3v) is 23.4. The van der Waals surface area contributed by atoms with Gasteiger partial charge in [0.1, 0.15) is 0 Å². The molecule has 0 aliphatic carbocycles. The highest BCUT2D eigenvalue weighted by Gasteiger charge is 2.22. The summed E-state index contributed by atoms with van der Waals surface area (Å²) in [6.07, 6.45) is 0.963. The van der Waals surface area contributed by atoms with Crippen molar-refractivity contribution in [2.75, 3.05) is 4.90 Å². The second-order valence-corrected chi connectivity index (χ2v) is 30.8. The highest BCUT2D eigenvalue weighted by Crippen LogP contribution is 2.48. The van der Waals surface area contributed by atoms with Gasteiger partial charge in [0.2, 0.25) is 0 Å². The van der Waals surface area contributed by atoms with Crippen LogP contribution in [0.1, 0.15) is 33.4 Å². The van der Waals surface area contributed by atoms with Gasteiger partial charge in [0, 0.05) is 54.5 Å². The molecule has 0 spiro atoms. The first-order valence-corrected chi connectivity index (χ1v) is 40.9. The monoisotopic (exact) mass is 1600 g/mol. The van der Waals surface area contributed by atoms with Crippen LogP contribution in [0.3, 0.4) is 0 Å². The number of halogens is 1. The van der Waals surface area contributed by atoms with E-state index in [1.165, 1.54) is 176 Å². The summed E-state index contributed by atoms with van der Waals surface area (Å²) in [5, 5.41) is 15.3. The minimum atomic E-state index is 0. The van der Waals surface area contributed by atoms with Crippen LogP contribution < -0.4 is 4.90 Å². The summed E-state index contributed by atoms with van der Waals surface area (Å²) in [5.41, 5.74) is 28.2. The molecular formula is C116H90BrN3. The van der Waals surface area contributed by atoms with Crippen molar-refractivity contribution in [2.45, 2.75) is 28.7 Å². The highest BCUT2D eigenvalue weighted by atomic mass is 79.9. The van der Waals surface area contributed by atoms with Gasteiger partial charge in [-0.25, -0.2) is 0 Å². The number of hydrogen-bond donors (Lipinski definition) is 0. The maximum Gasteiger partial charge on any atom is 0.0541 e. The number of nitrogens with zero attached hydrogens (tertiary/aromatic N) is 3. The summed E-state index contributed by atoms with van der Waals surface area (Å²) in [6.45, 7) is 0. The van der Waals surface area contributed by atoms with Crippen LogP contribution in [0.25, 0.3) is 165 Å². The van der Waals surface area contributed by atoms with E-state index in [1.807, 2.05) is 0 Å². The molecule has 0 saturated carbocycles. The third-order valence-electron chi connectivity index (χ3n) is 22.9. The molecule has 2 heterocycles. The molecule has 0 bridgehead atoms. The molecule has 0 aliphatic heterocycles. The fraction of sp³-hybridized carbons (Fsp3) is 0.0345. The fourth-order valence-corrected chi connectivity index (χ4v) is 17.9. The Balaban J connectivity index is 0.000000140. The van der Waals surface area contributed by atoms with E-state index in [4.69, 9.17) is 0 Å². The normalized spacial score (nSPS) is 11.0. The molecule has 22 aromatic rings. The molecule has 0 amide bonds. The zero-order valence-electron chi connectivity index (χ0n) is 64.3. The Hall–Kier alpha value is -14.7. The third kappa shape index (κ3) is 14.9. The maximum atomic E-state index is 3.56. The number of anilines is 3. The predicted octanol–water partition coefficient (Wildman–Crippen LogP) is 33.6. The first-order chi connectivity index (χ1) is 58.0. The molecule has 22 rings (SSSR count). The van der Waals surface area contributed by atoms with Crippen molar-refractivity contribution in [2.24, 2.45) is 0 Å². The molecule has 4 heteroatoms. The maximum absolute atomic E-state index is 3.56. The summed E-state index contributed by atoms with van der Waals surface area (Å²) in [6, 6.07) is 166. The van der Waals surface area contributed by atoms with Crippen LogP contribution in [0.2, 0.25) is 0 Å². The Bertz CT molecular complexity index is 7220. The minimum Gasteiger partial charge on any atom is -0.311 e. The van der Waals surface area contributed by atoms with Crippen molar-refractivity contribution in [3.63, 3.8) is 0 Å². The quantitative estimate of drug-likeness (QED) is 0.105. The molecule has 20 aromatic carbocycles. The van der Waals surface area contributed by atoms with Crippen molar-refractivity contribution in [1.82, 2.24) is 9.13 Å². The fourth-order valence-electron chi connectivity index (χ4n) is 17.6. The number of para-hydroxylation sites is 5. The first kappa shape index (κ1) is 77.9. The molecule has 120 heavy (non-hydrogen) atoms. The van der Waals surface area contributed by atoms with Crippen LogP contribution in [0.15, 0.2) is 466 Å². The van der Waals surface area contributed by atoms with Gasteiger partial charge in [-0.2, -0.15) is 0 Å². The summed E-state index contributed by atoms with van der Waals surface area (Å²) in [5.74, 6) is 0. The molecule has 0 unspecified atom stereocenters. The zero-order chi connectivity index (χ0) is 78.0. The Morgan fingerprint density at radius 2 is 0.425 bits per heavy atom. The lowest BCUT2D eigenvalue weighted by Crippen LogP contribution is -2.09. The topological polar surface area (TPSA) is 13.1 Å². The molecule has 0 fully saturated rings. The molecular weight excluding hydrogens is 1520 g/mol. The van der Waals surface area contributed by atoms with E-state index < -0.39 is 0 Å². The lowest BCUT2D eigenvalue weighted by molar-refractivity contribution is 1.18. The number of fused-ring (bicyclic) bond motifs is 10. The molecule has 0 aliphatic rings. The van der Waals surface area contributed by atoms with Crippen molar-refractivity contribution in [1.29, 1.82) is 0 Å². The van der Waals surface area contributed by atoms with Gasteiger partial charge in [-0.3, -0.25) is 0 Å². The number of hydrogen-bond acceptors (Lipinski definition) is 1. The van der Waals surface area contributed by atoms with E-state index in [0.717, 1.165) is 28.0 Å². The number of aromatic nitrogens is 2. The van der Waals surface area contributed by atoms with Gasteiger partial charge in [-0.05, 0) is 237 Å². The average molecular weight is 1610 g/mol. The summed E-state index contributed by atoms with van der Waals surface area (Å²) < 4.78 is 5.82. The number of rotatable bonds is 13. The summed E-state index contributed by atoms with van der Waals surface area (Å²) >= 11 is 3.56. The van der Waals surface area contributed by atoms with E-state index >= 15 is 0 Å². The Morgan fingerprint density at radius 3 is 0.783 bits per heavy atom. The molecule has 0 radical (unpaired) electrons. The van der Waals surface area contributed by atoms with Crippen LogP contribution in [0, 0.1) is 0 Å². The Kier molecular flexibility index (Phi) is 22.5. The van der Waals surface area contributed by atoms with Crippen LogP contribution in [-0.4, -0.2) is 9.13 Å². The van der Waals surface area contributed by atoms with Crippen molar-refractivity contribution >= 4 is 120 Å². The van der Waals surface area contributed by atoms with Crippen LogP contribution in [0.5, 0.6) is 0 Å². The molecule has 0 saturated heterocycles. The zero-order valence-corrected chi connectivity index (χ0v) is 65.9. The van der Waals surface area contributed by atoms with Gasteiger partial charge < -0.3 is 14.0 Å². The van der Waals surface area contributed by atoms with E-state index in [-0.39, 0.29) is 22.3 Å². The van der Waals surface area contributed by atoms with Crippen LogP contribution >= 0.6 is 15.9 Å². The summed E-state index contributed by atoms with van der Waals surface area (Å²) in [7, 11) is 0. The first-order valence-electron chi connectivity index (χ1n) is 40.1. The van der Waals surface area contributed by atoms with Gasteiger partial charge in [-0.1, -0.05) is 390 Å². The second-order valence-electron chi connectivity index (χ2n) is 29.9. The summed E-state index contributed by atoms with van der Waals surface area (Å²) in [4.78, 5) is 2.35. The van der Waals surface area contributed by atoms with E-state index in [1.54, 1.807) is 0 Å². The van der Waals surface area contributed by atoms with E-state index in [9.17, 15) is 0 Å².